The van der Waals surface area contributed by atoms with E-state index in [0.717, 1.165) is 54.8 Å². The molecule has 2 aromatic rings. The van der Waals surface area contributed by atoms with E-state index in [9.17, 15) is 4.79 Å². The fourth-order valence-electron chi connectivity index (χ4n) is 3.04. The number of anilines is 1. The van der Waals surface area contributed by atoms with Gasteiger partial charge in [0.15, 0.2) is 0 Å². The zero-order valence-corrected chi connectivity index (χ0v) is 16.9. The van der Waals surface area contributed by atoms with E-state index in [4.69, 9.17) is 11.6 Å². The van der Waals surface area contributed by atoms with Crippen LogP contribution in [0.3, 0.4) is 0 Å². The molecule has 0 aliphatic rings. The minimum atomic E-state index is 0.00602. The molecule has 2 aromatic heterocycles. The Bertz CT molecular complexity index is 744. The summed E-state index contributed by atoms with van der Waals surface area (Å²) in [5.74, 6) is 0.193. The molecule has 5 nitrogen and oxygen atoms in total. The van der Waals surface area contributed by atoms with Crippen molar-refractivity contribution in [1.82, 2.24) is 14.9 Å². The zero-order valence-electron chi connectivity index (χ0n) is 16.2. The molecule has 1 amide bonds. The molecule has 1 atom stereocenters. The lowest BCUT2D eigenvalue weighted by Crippen LogP contribution is -2.35. The summed E-state index contributed by atoms with van der Waals surface area (Å²) >= 11 is 6.06. The lowest BCUT2D eigenvalue weighted by Gasteiger charge is -2.24. The van der Waals surface area contributed by atoms with Crippen LogP contribution in [0.25, 0.3) is 11.0 Å². The zero-order chi connectivity index (χ0) is 19.1. The molecule has 0 aromatic carbocycles. The molecular weight excluding hydrogens is 348 g/mol. The summed E-state index contributed by atoms with van der Waals surface area (Å²) < 4.78 is 0. The van der Waals surface area contributed by atoms with E-state index in [0.29, 0.717) is 11.4 Å². The number of pyridine rings is 2. The van der Waals surface area contributed by atoms with Crippen LogP contribution in [0.4, 0.5) is 5.69 Å². The van der Waals surface area contributed by atoms with Crippen LogP contribution >= 0.6 is 11.6 Å². The van der Waals surface area contributed by atoms with Crippen molar-refractivity contribution in [3.05, 3.63) is 29.0 Å². The van der Waals surface area contributed by atoms with Crippen molar-refractivity contribution in [2.45, 2.75) is 59.4 Å². The van der Waals surface area contributed by atoms with Gasteiger partial charge < -0.3 is 10.2 Å². The first-order valence-corrected chi connectivity index (χ1v) is 9.85. The van der Waals surface area contributed by atoms with Gasteiger partial charge in [0.2, 0.25) is 5.91 Å². The van der Waals surface area contributed by atoms with Gasteiger partial charge in [-0.3, -0.25) is 14.8 Å². The van der Waals surface area contributed by atoms with Crippen molar-refractivity contribution in [1.29, 1.82) is 0 Å². The molecule has 26 heavy (non-hydrogen) atoms. The van der Waals surface area contributed by atoms with Gasteiger partial charge in [-0.2, -0.15) is 0 Å². The van der Waals surface area contributed by atoms with Crippen LogP contribution in [0.5, 0.6) is 0 Å². The van der Waals surface area contributed by atoms with Crippen molar-refractivity contribution < 1.29 is 4.79 Å². The minimum absolute atomic E-state index is 0.00602. The Morgan fingerprint density at radius 2 is 1.92 bits per heavy atom. The molecular formula is C20H29ClN4O. The van der Waals surface area contributed by atoms with E-state index in [1.165, 1.54) is 0 Å². The number of aromatic nitrogens is 2. The third kappa shape index (κ3) is 5.31. The van der Waals surface area contributed by atoms with Crippen molar-refractivity contribution in [3.8, 4) is 0 Å². The van der Waals surface area contributed by atoms with Crippen molar-refractivity contribution in [2.75, 3.05) is 18.4 Å². The smallest absolute Gasteiger partial charge is 0.224 e. The largest absolute Gasteiger partial charge is 0.380 e. The van der Waals surface area contributed by atoms with Gasteiger partial charge >= 0.3 is 0 Å². The Kier molecular flexibility index (Phi) is 7.64. The third-order valence-electron chi connectivity index (χ3n) is 4.25. The molecule has 142 valence electrons. The molecule has 0 fully saturated rings. The molecule has 0 saturated carbocycles. The van der Waals surface area contributed by atoms with Crippen LogP contribution in [0, 0.1) is 0 Å². The quantitative estimate of drug-likeness (QED) is 0.690. The highest BCUT2D eigenvalue weighted by Crippen LogP contribution is 2.25. The summed E-state index contributed by atoms with van der Waals surface area (Å²) in [6.07, 6.45) is 4.87. The maximum absolute atomic E-state index is 12.6. The molecule has 0 spiro atoms. The SMILES string of the molecule is CCCN(CCC)C(=O)CC(C)Nc1cc(CC)nc2cc(Cl)cnc12. The summed E-state index contributed by atoms with van der Waals surface area (Å²) in [6, 6.07) is 3.85. The number of carbonyl (C=O) groups is 1. The Morgan fingerprint density at radius 3 is 2.54 bits per heavy atom. The molecule has 0 aliphatic heterocycles. The van der Waals surface area contributed by atoms with E-state index >= 15 is 0 Å². The molecule has 0 saturated heterocycles. The van der Waals surface area contributed by atoms with Crippen LogP contribution < -0.4 is 5.32 Å². The maximum Gasteiger partial charge on any atom is 0.224 e. The number of hydrogen-bond donors (Lipinski definition) is 1. The number of halogens is 1. The fraction of sp³-hybridized carbons (Fsp3) is 0.550. The number of carbonyl (C=O) groups excluding carboxylic acids is 1. The number of nitrogens with one attached hydrogen (secondary N) is 1. The van der Waals surface area contributed by atoms with Gasteiger partial charge in [-0.05, 0) is 38.3 Å². The van der Waals surface area contributed by atoms with Crippen LogP contribution in [0.2, 0.25) is 5.02 Å². The van der Waals surface area contributed by atoms with E-state index < -0.39 is 0 Å². The number of aryl methyl sites for hydroxylation is 1. The predicted octanol–water partition coefficient (Wildman–Crippen LogP) is 4.68. The normalized spacial score (nSPS) is 12.2. The van der Waals surface area contributed by atoms with Gasteiger partial charge in [0.05, 0.1) is 16.2 Å². The highest BCUT2D eigenvalue weighted by molar-refractivity contribution is 6.31. The van der Waals surface area contributed by atoms with Gasteiger partial charge in [-0.15, -0.1) is 0 Å². The second-order valence-corrected chi connectivity index (χ2v) is 7.10. The summed E-state index contributed by atoms with van der Waals surface area (Å²) in [7, 11) is 0. The minimum Gasteiger partial charge on any atom is -0.380 e. The lowest BCUT2D eigenvalue weighted by atomic mass is 10.1. The molecule has 0 bridgehead atoms. The van der Waals surface area contributed by atoms with Gasteiger partial charge in [0.25, 0.3) is 0 Å². The monoisotopic (exact) mass is 376 g/mol. The topological polar surface area (TPSA) is 58.1 Å². The van der Waals surface area contributed by atoms with E-state index in [2.05, 4.69) is 36.1 Å². The summed E-state index contributed by atoms with van der Waals surface area (Å²) in [5, 5.41) is 4.03. The average molecular weight is 377 g/mol. The Morgan fingerprint density at radius 1 is 1.23 bits per heavy atom. The summed E-state index contributed by atoms with van der Waals surface area (Å²) in [6.45, 7) is 9.93. The van der Waals surface area contributed by atoms with Gasteiger partial charge in [0, 0.05) is 37.4 Å². The lowest BCUT2D eigenvalue weighted by molar-refractivity contribution is -0.131. The molecule has 0 aliphatic carbocycles. The number of fused-ring (bicyclic) bond motifs is 1. The molecule has 1 N–H and O–H groups in total. The van der Waals surface area contributed by atoms with Crippen LogP contribution in [-0.4, -0.2) is 39.9 Å². The molecule has 0 radical (unpaired) electrons. The Hall–Kier alpha value is -1.88. The summed E-state index contributed by atoms with van der Waals surface area (Å²) in [4.78, 5) is 23.6. The summed E-state index contributed by atoms with van der Waals surface area (Å²) in [5.41, 5.74) is 3.43. The second-order valence-electron chi connectivity index (χ2n) is 6.67. The highest BCUT2D eigenvalue weighted by Gasteiger charge is 2.17. The van der Waals surface area contributed by atoms with E-state index in [-0.39, 0.29) is 11.9 Å². The average Bonchev–Trinajstić information content (AvgIpc) is 2.60. The van der Waals surface area contributed by atoms with Crippen molar-refractivity contribution in [2.24, 2.45) is 0 Å². The van der Waals surface area contributed by atoms with Gasteiger partial charge in [0.1, 0.15) is 5.52 Å². The second kappa shape index (κ2) is 9.72. The first-order valence-electron chi connectivity index (χ1n) is 9.47. The van der Waals surface area contributed by atoms with Gasteiger partial charge in [-0.25, -0.2) is 0 Å². The van der Waals surface area contributed by atoms with Crippen LogP contribution in [0.1, 0.15) is 52.7 Å². The highest BCUT2D eigenvalue weighted by atomic mass is 35.5. The fourth-order valence-corrected chi connectivity index (χ4v) is 3.20. The first kappa shape index (κ1) is 20.4. The number of rotatable bonds is 9. The maximum atomic E-state index is 12.6. The van der Waals surface area contributed by atoms with Crippen molar-refractivity contribution >= 4 is 34.2 Å². The van der Waals surface area contributed by atoms with Gasteiger partial charge in [-0.1, -0.05) is 32.4 Å². The number of hydrogen-bond acceptors (Lipinski definition) is 4. The molecule has 2 heterocycles. The number of nitrogens with zero attached hydrogens (tertiary/aromatic N) is 3. The van der Waals surface area contributed by atoms with E-state index in [1.807, 2.05) is 24.0 Å². The van der Waals surface area contributed by atoms with Crippen LogP contribution in [-0.2, 0) is 11.2 Å². The molecule has 6 heteroatoms. The Labute approximate surface area is 161 Å². The number of amides is 1. The molecule has 2 rings (SSSR count). The standard InChI is InChI=1S/C20H29ClN4O/c1-5-8-25(9-6-2)19(26)10-14(4)23-18-12-16(7-3)24-17-11-15(21)13-22-20(17)18/h11-14H,5-10H2,1-4H3,(H,23,24). The third-order valence-corrected chi connectivity index (χ3v) is 4.46. The molecule has 1 unspecified atom stereocenters. The Balaban J connectivity index is 2.17. The van der Waals surface area contributed by atoms with Crippen molar-refractivity contribution in [3.63, 3.8) is 0 Å². The first-order chi connectivity index (χ1) is 12.5. The van der Waals surface area contributed by atoms with E-state index in [1.54, 1.807) is 6.20 Å². The predicted molar refractivity (Wildman–Crippen MR) is 109 cm³/mol. The van der Waals surface area contributed by atoms with Crippen LogP contribution in [0.15, 0.2) is 18.3 Å².